The lowest BCUT2D eigenvalue weighted by Gasteiger charge is -2.10. The molecule has 2 aromatic rings. The summed E-state index contributed by atoms with van der Waals surface area (Å²) >= 11 is 0. The second kappa shape index (κ2) is 6.53. The third kappa shape index (κ3) is 3.57. The predicted molar refractivity (Wildman–Crippen MR) is 80.8 cm³/mol. The average molecular weight is 280 g/mol. The largest absolute Gasteiger partial charge is 0.387 e. The van der Waals surface area contributed by atoms with Crippen LogP contribution in [-0.2, 0) is 6.54 Å². The molecular formula is C16H16N4O. The van der Waals surface area contributed by atoms with Gasteiger partial charge >= 0.3 is 0 Å². The van der Waals surface area contributed by atoms with E-state index in [4.69, 9.17) is 5.26 Å². The van der Waals surface area contributed by atoms with E-state index in [0.29, 0.717) is 17.7 Å². The molecule has 0 aliphatic heterocycles. The van der Waals surface area contributed by atoms with Gasteiger partial charge in [0.05, 0.1) is 22.9 Å². The molecule has 0 spiro atoms. The van der Waals surface area contributed by atoms with Gasteiger partial charge in [0.25, 0.3) is 5.91 Å². The Morgan fingerprint density at radius 1 is 1.33 bits per heavy atom. The maximum Gasteiger partial charge on any atom is 0.255 e. The van der Waals surface area contributed by atoms with Crippen LogP contribution >= 0.6 is 0 Å². The van der Waals surface area contributed by atoms with E-state index in [-0.39, 0.29) is 5.91 Å². The summed E-state index contributed by atoms with van der Waals surface area (Å²) in [5.74, 6) is -0.184. The van der Waals surface area contributed by atoms with Gasteiger partial charge in [0.1, 0.15) is 0 Å². The van der Waals surface area contributed by atoms with Crippen LogP contribution in [-0.4, -0.2) is 17.9 Å². The summed E-state index contributed by atoms with van der Waals surface area (Å²) in [5, 5.41) is 14.6. The first-order valence-electron chi connectivity index (χ1n) is 6.55. The number of nitriles is 1. The Kier molecular flexibility index (Phi) is 4.52. The first-order chi connectivity index (χ1) is 10.1. The van der Waals surface area contributed by atoms with Gasteiger partial charge in [0.2, 0.25) is 0 Å². The zero-order valence-corrected chi connectivity index (χ0v) is 12.0. The van der Waals surface area contributed by atoms with Gasteiger partial charge in [0, 0.05) is 25.5 Å². The molecule has 0 unspecified atom stereocenters. The Balaban J connectivity index is 2.06. The zero-order valence-electron chi connectivity index (χ0n) is 12.0. The molecule has 0 saturated heterocycles. The number of anilines is 1. The fourth-order valence-electron chi connectivity index (χ4n) is 1.92. The molecule has 0 aliphatic rings. The molecule has 1 amide bonds. The zero-order chi connectivity index (χ0) is 15.2. The Morgan fingerprint density at radius 2 is 2.05 bits per heavy atom. The van der Waals surface area contributed by atoms with E-state index in [2.05, 4.69) is 21.7 Å². The number of pyridine rings is 1. The highest BCUT2D eigenvalue weighted by Gasteiger charge is 2.11. The lowest BCUT2D eigenvalue weighted by molar-refractivity contribution is 0.0951. The summed E-state index contributed by atoms with van der Waals surface area (Å²) in [7, 11) is 1.77. The van der Waals surface area contributed by atoms with Crippen molar-refractivity contribution in [3.05, 3.63) is 58.9 Å². The number of carbonyl (C=O) groups excluding carboxylic acids is 1. The third-order valence-corrected chi connectivity index (χ3v) is 3.09. The van der Waals surface area contributed by atoms with Crippen LogP contribution in [0.4, 0.5) is 5.69 Å². The Bertz CT molecular complexity index is 686. The number of hydrogen-bond donors (Lipinski definition) is 2. The van der Waals surface area contributed by atoms with Gasteiger partial charge in [-0.25, -0.2) is 0 Å². The Morgan fingerprint density at radius 3 is 2.67 bits per heavy atom. The second-order valence-electron chi connectivity index (χ2n) is 4.61. The van der Waals surface area contributed by atoms with Gasteiger partial charge in [-0.3, -0.25) is 9.78 Å². The van der Waals surface area contributed by atoms with Crippen LogP contribution in [0.15, 0.2) is 36.5 Å². The monoisotopic (exact) mass is 280 g/mol. The smallest absolute Gasteiger partial charge is 0.255 e. The minimum absolute atomic E-state index is 0.184. The van der Waals surface area contributed by atoms with Gasteiger partial charge in [-0.05, 0) is 30.7 Å². The maximum atomic E-state index is 12.2. The summed E-state index contributed by atoms with van der Waals surface area (Å²) in [6.07, 6.45) is 1.56. The minimum atomic E-state index is -0.184. The lowest BCUT2D eigenvalue weighted by Crippen LogP contribution is -2.24. The van der Waals surface area contributed by atoms with Crippen LogP contribution in [0.5, 0.6) is 0 Å². The summed E-state index contributed by atoms with van der Waals surface area (Å²) < 4.78 is 0. The molecular weight excluding hydrogens is 264 g/mol. The molecule has 0 saturated carbocycles. The third-order valence-electron chi connectivity index (χ3n) is 3.09. The number of carbonyl (C=O) groups is 1. The van der Waals surface area contributed by atoms with Crippen molar-refractivity contribution in [1.82, 2.24) is 10.3 Å². The number of aryl methyl sites for hydroxylation is 1. The van der Waals surface area contributed by atoms with E-state index in [0.717, 1.165) is 16.9 Å². The molecule has 0 atom stereocenters. The summed E-state index contributed by atoms with van der Waals surface area (Å²) in [6.45, 7) is 2.28. The SMILES string of the molecule is CNc1cc(C)ncc1C(=O)NCc1ccc(C#N)cc1. The molecule has 0 aliphatic carbocycles. The van der Waals surface area contributed by atoms with Crippen molar-refractivity contribution in [2.75, 3.05) is 12.4 Å². The van der Waals surface area contributed by atoms with Gasteiger partial charge in [-0.2, -0.15) is 5.26 Å². The summed E-state index contributed by atoms with van der Waals surface area (Å²) in [4.78, 5) is 16.3. The second-order valence-corrected chi connectivity index (χ2v) is 4.61. The fourth-order valence-corrected chi connectivity index (χ4v) is 1.92. The normalized spacial score (nSPS) is 9.76. The molecule has 0 fully saturated rings. The van der Waals surface area contributed by atoms with Crippen molar-refractivity contribution in [1.29, 1.82) is 5.26 Å². The molecule has 1 heterocycles. The highest BCUT2D eigenvalue weighted by Crippen LogP contribution is 2.15. The predicted octanol–water partition coefficient (Wildman–Crippen LogP) is 2.23. The summed E-state index contributed by atoms with van der Waals surface area (Å²) in [6, 6.07) is 11.0. The number of benzene rings is 1. The van der Waals surface area contributed by atoms with Crippen LogP contribution in [0.25, 0.3) is 0 Å². The molecule has 106 valence electrons. The van der Waals surface area contributed by atoms with Gasteiger partial charge in [0.15, 0.2) is 0 Å². The standard InChI is InChI=1S/C16H16N4O/c1-11-7-15(18-2)14(10-19-11)16(21)20-9-13-5-3-12(8-17)4-6-13/h3-7,10H,9H2,1-2H3,(H,18,19)(H,20,21). The topological polar surface area (TPSA) is 77.8 Å². The van der Waals surface area contributed by atoms with Crippen molar-refractivity contribution in [3.8, 4) is 6.07 Å². The van der Waals surface area contributed by atoms with E-state index < -0.39 is 0 Å². The van der Waals surface area contributed by atoms with E-state index in [9.17, 15) is 4.79 Å². The maximum absolute atomic E-state index is 12.2. The van der Waals surface area contributed by atoms with Crippen LogP contribution in [0, 0.1) is 18.3 Å². The number of hydrogen-bond acceptors (Lipinski definition) is 4. The van der Waals surface area contributed by atoms with Gasteiger partial charge in [-0.15, -0.1) is 0 Å². The van der Waals surface area contributed by atoms with Crippen molar-refractivity contribution in [3.63, 3.8) is 0 Å². The molecule has 1 aromatic carbocycles. The van der Waals surface area contributed by atoms with E-state index in [1.54, 1.807) is 25.4 Å². The molecule has 2 N–H and O–H groups in total. The molecule has 21 heavy (non-hydrogen) atoms. The highest BCUT2D eigenvalue weighted by atomic mass is 16.1. The minimum Gasteiger partial charge on any atom is -0.387 e. The summed E-state index contributed by atoms with van der Waals surface area (Å²) in [5.41, 5.74) is 3.65. The van der Waals surface area contributed by atoms with Crippen molar-refractivity contribution < 1.29 is 4.79 Å². The average Bonchev–Trinajstić information content (AvgIpc) is 2.52. The number of aromatic nitrogens is 1. The van der Waals surface area contributed by atoms with Crippen molar-refractivity contribution in [2.24, 2.45) is 0 Å². The van der Waals surface area contributed by atoms with Crippen LogP contribution in [0.1, 0.15) is 27.2 Å². The highest BCUT2D eigenvalue weighted by molar-refractivity contribution is 5.99. The molecule has 5 heteroatoms. The van der Waals surface area contributed by atoms with Crippen LogP contribution in [0.3, 0.4) is 0 Å². The van der Waals surface area contributed by atoms with Gasteiger partial charge < -0.3 is 10.6 Å². The van der Waals surface area contributed by atoms with E-state index in [1.165, 1.54) is 0 Å². The first kappa shape index (κ1) is 14.5. The first-order valence-corrected chi connectivity index (χ1v) is 6.55. The van der Waals surface area contributed by atoms with E-state index >= 15 is 0 Å². The molecule has 1 aromatic heterocycles. The molecule has 2 rings (SSSR count). The molecule has 0 bridgehead atoms. The Labute approximate surface area is 123 Å². The molecule has 5 nitrogen and oxygen atoms in total. The van der Waals surface area contributed by atoms with Crippen molar-refractivity contribution >= 4 is 11.6 Å². The molecule has 0 radical (unpaired) electrons. The lowest BCUT2D eigenvalue weighted by atomic mass is 10.1. The van der Waals surface area contributed by atoms with Crippen LogP contribution in [0.2, 0.25) is 0 Å². The van der Waals surface area contributed by atoms with Crippen molar-refractivity contribution in [2.45, 2.75) is 13.5 Å². The number of amides is 1. The van der Waals surface area contributed by atoms with E-state index in [1.807, 2.05) is 25.1 Å². The quantitative estimate of drug-likeness (QED) is 0.900. The van der Waals surface area contributed by atoms with Gasteiger partial charge in [-0.1, -0.05) is 12.1 Å². The number of rotatable bonds is 4. The Hall–Kier alpha value is -2.87. The fraction of sp³-hybridized carbons (Fsp3) is 0.188. The number of nitrogens with zero attached hydrogens (tertiary/aromatic N) is 2. The number of nitrogens with one attached hydrogen (secondary N) is 2. The van der Waals surface area contributed by atoms with Crippen LogP contribution < -0.4 is 10.6 Å².